The molecule has 0 unspecified atom stereocenters. The molecule has 0 aromatic rings. The molecule has 0 aromatic carbocycles. The third-order valence-electron chi connectivity index (χ3n) is 1.73. The van der Waals surface area contributed by atoms with Crippen molar-refractivity contribution in [2.45, 2.75) is 13.1 Å². The van der Waals surface area contributed by atoms with Crippen LogP contribution in [0.15, 0.2) is 53.3 Å². The largest absolute Gasteiger partial charge is 0.416 e. The van der Waals surface area contributed by atoms with Crippen LogP contribution in [0.1, 0.15) is 6.92 Å². The van der Waals surface area contributed by atoms with Crippen LogP contribution in [0.25, 0.3) is 0 Å². The van der Waals surface area contributed by atoms with Crippen molar-refractivity contribution < 1.29 is 13.2 Å². The van der Waals surface area contributed by atoms with Crippen LogP contribution >= 0.6 is 0 Å². The summed E-state index contributed by atoms with van der Waals surface area (Å²) < 4.78 is 37.1. The summed E-state index contributed by atoms with van der Waals surface area (Å²) in [6, 6.07) is 0. The number of allylic oxidation sites excluding steroid dienone is 6. The predicted molar refractivity (Wildman–Crippen MR) is 49.7 cm³/mol. The first-order chi connectivity index (χ1) is 6.41. The lowest BCUT2D eigenvalue weighted by molar-refractivity contribution is -0.0882. The van der Waals surface area contributed by atoms with Crippen molar-refractivity contribution in [1.29, 1.82) is 0 Å². The number of alkyl halides is 3. The molecule has 0 spiro atoms. The first-order valence-corrected chi connectivity index (χ1v) is 3.99. The molecule has 0 radical (unpaired) electrons. The van der Waals surface area contributed by atoms with Gasteiger partial charge in [-0.05, 0) is 36.8 Å². The van der Waals surface area contributed by atoms with Crippen molar-refractivity contribution in [3.05, 3.63) is 53.3 Å². The van der Waals surface area contributed by atoms with Gasteiger partial charge in [-0.25, -0.2) is 0 Å². The Labute approximate surface area is 80.4 Å². The second kappa shape index (κ2) is 3.72. The molecule has 0 amide bonds. The molecular formula is C11H9F3. The van der Waals surface area contributed by atoms with E-state index in [1.54, 1.807) is 6.92 Å². The third kappa shape index (κ3) is 2.51. The van der Waals surface area contributed by atoms with E-state index in [-0.39, 0.29) is 0 Å². The lowest BCUT2D eigenvalue weighted by Crippen LogP contribution is -2.10. The molecule has 1 aliphatic rings. The van der Waals surface area contributed by atoms with Gasteiger partial charge in [0.05, 0.1) is 5.57 Å². The van der Waals surface area contributed by atoms with Crippen LogP contribution in [-0.2, 0) is 0 Å². The Hall–Kier alpha value is -1.47. The van der Waals surface area contributed by atoms with E-state index in [4.69, 9.17) is 0 Å². The van der Waals surface area contributed by atoms with Crippen LogP contribution in [-0.4, -0.2) is 6.18 Å². The highest BCUT2D eigenvalue weighted by Crippen LogP contribution is 2.29. The van der Waals surface area contributed by atoms with Gasteiger partial charge in [-0.2, -0.15) is 13.2 Å². The van der Waals surface area contributed by atoms with Gasteiger partial charge < -0.3 is 0 Å². The molecule has 0 saturated carbocycles. The SMILES string of the molecule is C=C(C)C1=CC(C(F)(F)F)=CC=C=C1. The lowest BCUT2D eigenvalue weighted by Gasteiger charge is -2.07. The van der Waals surface area contributed by atoms with Crippen molar-refractivity contribution in [2.24, 2.45) is 0 Å². The summed E-state index contributed by atoms with van der Waals surface area (Å²) in [6.07, 6.45) is 0.467. The van der Waals surface area contributed by atoms with Crippen molar-refractivity contribution in [1.82, 2.24) is 0 Å². The fourth-order valence-electron chi connectivity index (χ4n) is 0.956. The van der Waals surface area contributed by atoms with Crippen LogP contribution < -0.4 is 0 Å². The molecule has 1 rings (SSSR count). The van der Waals surface area contributed by atoms with Crippen molar-refractivity contribution in [2.75, 3.05) is 0 Å². The first kappa shape index (κ1) is 10.6. The van der Waals surface area contributed by atoms with E-state index in [1.807, 2.05) is 0 Å². The maximum Gasteiger partial charge on any atom is 0.416 e. The zero-order valence-electron chi connectivity index (χ0n) is 7.65. The first-order valence-electron chi connectivity index (χ1n) is 3.99. The molecule has 74 valence electrons. The Morgan fingerprint density at radius 1 is 1.43 bits per heavy atom. The second-order valence-corrected chi connectivity index (χ2v) is 2.98. The van der Waals surface area contributed by atoms with E-state index in [1.165, 1.54) is 12.2 Å². The highest BCUT2D eigenvalue weighted by atomic mass is 19.4. The molecule has 0 N–H and O–H groups in total. The van der Waals surface area contributed by atoms with E-state index in [9.17, 15) is 13.2 Å². The van der Waals surface area contributed by atoms with Crippen LogP contribution in [0.3, 0.4) is 0 Å². The molecule has 0 heterocycles. The van der Waals surface area contributed by atoms with Crippen LogP contribution in [0.4, 0.5) is 13.2 Å². The monoisotopic (exact) mass is 198 g/mol. The molecule has 0 atom stereocenters. The van der Waals surface area contributed by atoms with Gasteiger partial charge in [0.25, 0.3) is 0 Å². The fourth-order valence-corrected chi connectivity index (χ4v) is 0.956. The predicted octanol–water partition coefficient (Wildman–Crippen LogP) is 3.70. The van der Waals surface area contributed by atoms with Crippen LogP contribution in [0.2, 0.25) is 0 Å². The zero-order valence-corrected chi connectivity index (χ0v) is 7.65. The minimum absolute atomic E-state index is 0.447. The average molecular weight is 198 g/mol. The van der Waals surface area contributed by atoms with E-state index >= 15 is 0 Å². The molecule has 0 aliphatic heterocycles. The summed E-state index contributed by atoms with van der Waals surface area (Å²) in [7, 11) is 0. The summed E-state index contributed by atoms with van der Waals surface area (Å²) in [5.41, 5.74) is 2.97. The quantitative estimate of drug-likeness (QED) is 0.563. The van der Waals surface area contributed by atoms with Gasteiger partial charge >= 0.3 is 6.18 Å². The summed E-state index contributed by atoms with van der Waals surface area (Å²) in [5.74, 6) is 0. The molecule has 0 saturated heterocycles. The maximum absolute atomic E-state index is 12.4. The minimum atomic E-state index is -4.32. The van der Waals surface area contributed by atoms with Gasteiger partial charge in [0.2, 0.25) is 0 Å². The van der Waals surface area contributed by atoms with Crippen molar-refractivity contribution in [3.63, 3.8) is 0 Å². The number of rotatable bonds is 1. The lowest BCUT2D eigenvalue weighted by atomic mass is 10.1. The van der Waals surface area contributed by atoms with E-state index in [0.717, 1.165) is 12.2 Å². The molecule has 0 aromatic heterocycles. The van der Waals surface area contributed by atoms with Gasteiger partial charge in [0, 0.05) is 0 Å². The zero-order chi connectivity index (χ0) is 10.8. The Balaban J connectivity index is 3.14. The van der Waals surface area contributed by atoms with E-state index in [0.29, 0.717) is 11.1 Å². The Morgan fingerprint density at radius 2 is 2.07 bits per heavy atom. The topological polar surface area (TPSA) is 0 Å². The molecule has 14 heavy (non-hydrogen) atoms. The maximum atomic E-state index is 12.4. The molecule has 0 nitrogen and oxygen atoms in total. The van der Waals surface area contributed by atoms with Crippen LogP contribution in [0, 0.1) is 0 Å². The third-order valence-corrected chi connectivity index (χ3v) is 1.73. The molecule has 0 bridgehead atoms. The molecule has 1 aliphatic carbocycles. The van der Waals surface area contributed by atoms with Gasteiger partial charge in [0.15, 0.2) is 0 Å². The number of hydrogen-bond donors (Lipinski definition) is 0. The molecule has 3 heteroatoms. The number of halogens is 3. The fraction of sp³-hybridized carbons (Fsp3) is 0.182. The Morgan fingerprint density at radius 3 is 2.57 bits per heavy atom. The average Bonchev–Trinajstić information content (AvgIpc) is 2.26. The highest BCUT2D eigenvalue weighted by molar-refractivity contribution is 5.46. The summed E-state index contributed by atoms with van der Waals surface area (Å²) in [5, 5.41) is 0. The Kier molecular flexibility index (Phi) is 2.82. The van der Waals surface area contributed by atoms with Crippen molar-refractivity contribution in [3.8, 4) is 0 Å². The molecule has 0 fully saturated rings. The summed E-state index contributed by atoms with van der Waals surface area (Å²) in [6.45, 7) is 5.25. The highest BCUT2D eigenvalue weighted by Gasteiger charge is 2.31. The number of hydrogen-bond acceptors (Lipinski definition) is 0. The standard InChI is InChI=1S/C11H9F3/c1-8(2)9-5-3-4-6-10(7-9)11(12,13)14/h4-7H,1H2,2H3. The van der Waals surface area contributed by atoms with Crippen molar-refractivity contribution >= 4 is 0 Å². The summed E-state index contributed by atoms with van der Waals surface area (Å²) in [4.78, 5) is 0. The van der Waals surface area contributed by atoms with Gasteiger partial charge in [-0.1, -0.05) is 12.2 Å². The normalized spacial score (nSPS) is 16.0. The van der Waals surface area contributed by atoms with Gasteiger partial charge in [-0.15, -0.1) is 5.73 Å². The second-order valence-electron chi connectivity index (χ2n) is 2.98. The van der Waals surface area contributed by atoms with E-state index < -0.39 is 11.7 Å². The minimum Gasteiger partial charge on any atom is -0.166 e. The van der Waals surface area contributed by atoms with Gasteiger partial charge in [0.1, 0.15) is 0 Å². The smallest absolute Gasteiger partial charge is 0.166 e. The van der Waals surface area contributed by atoms with Crippen LogP contribution in [0.5, 0.6) is 0 Å². The van der Waals surface area contributed by atoms with E-state index in [2.05, 4.69) is 12.3 Å². The Bertz CT molecular complexity index is 372. The molecular weight excluding hydrogens is 189 g/mol. The summed E-state index contributed by atoms with van der Waals surface area (Å²) >= 11 is 0. The van der Waals surface area contributed by atoms with Gasteiger partial charge in [-0.3, -0.25) is 0 Å².